The first-order chi connectivity index (χ1) is 17.8. The van der Waals surface area contributed by atoms with Gasteiger partial charge in [0.15, 0.2) is 17.6 Å². The molecule has 1 saturated heterocycles. The highest BCUT2D eigenvalue weighted by Crippen LogP contribution is 2.81. The molecule has 2 saturated carbocycles. The molecule has 3 aromatic rings. The summed E-state index contributed by atoms with van der Waals surface area (Å²) in [4.78, 5) is 16.4. The molecule has 192 valence electrons. The van der Waals surface area contributed by atoms with Gasteiger partial charge in [0, 0.05) is 11.8 Å². The minimum atomic E-state index is -1.47. The van der Waals surface area contributed by atoms with Crippen molar-refractivity contribution in [1.29, 1.82) is 0 Å². The lowest BCUT2D eigenvalue weighted by atomic mass is 9.52. The maximum absolute atomic E-state index is 12.3. The maximum atomic E-state index is 12.3. The SMILES string of the molecule is Cc1cn2c(nc1=O)OC1C3C(O)(OCc4ccccc4)C4(CC4)[C@]3(COCc3ccccc3)OC12C. The normalized spacial score (nSPS) is 33.8. The van der Waals surface area contributed by atoms with Crippen LogP contribution in [0.25, 0.3) is 0 Å². The number of benzene rings is 2. The first kappa shape index (κ1) is 23.1. The van der Waals surface area contributed by atoms with Crippen molar-refractivity contribution in [2.45, 2.75) is 63.1 Å². The summed E-state index contributed by atoms with van der Waals surface area (Å²) in [6.45, 7) is 4.65. The molecule has 0 bridgehead atoms. The molecule has 4 unspecified atom stereocenters. The number of rotatable bonds is 7. The average Bonchev–Trinajstić information content (AvgIpc) is 3.66. The van der Waals surface area contributed by atoms with Gasteiger partial charge < -0.3 is 24.1 Å². The number of aryl methyl sites for hydroxylation is 1. The zero-order valence-electron chi connectivity index (χ0n) is 20.9. The number of aromatic nitrogens is 2. The van der Waals surface area contributed by atoms with Crippen molar-refractivity contribution < 1.29 is 24.1 Å². The van der Waals surface area contributed by atoms with Crippen LogP contribution >= 0.6 is 0 Å². The molecular formula is C29H30N2O6. The van der Waals surface area contributed by atoms with E-state index in [2.05, 4.69) is 4.98 Å². The third kappa shape index (κ3) is 2.98. The summed E-state index contributed by atoms with van der Waals surface area (Å²) < 4.78 is 27.7. The second-order valence-electron chi connectivity index (χ2n) is 11.0. The molecule has 7 rings (SSSR count). The van der Waals surface area contributed by atoms with Gasteiger partial charge in [0.1, 0.15) is 5.60 Å². The van der Waals surface area contributed by atoms with Crippen LogP contribution in [0.4, 0.5) is 0 Å². The van der Waals surface area contributed by atoms with Gasteiger partial charge in [0.25, 0.3) is 5.56 Å². The number of fused-ring (bicyclic) bond motifs is 6. The first-order valence-electron chi connectivity index (χ1n) is 12.8. The van der Waals surface area contributed by atoms with Crippen LogP contribution in [0.15, 0.2) is 71.7 Å². The van der Waals surface area contributed by atoms with Crippen LogP contribution in [0.5, 0.6) is 6.01 Å². The predicted molar refractivity (Wildman–Crippen MR) is 133 cm³/mol. The van der Waals surface area contributed by atoms with Crippen LogP contribution in [-0.4, -0.2) is 38.8 Å². The Bertz CT molecular complexity index is 1410. The van der Waals surface area contributed by atoms with Crippen LogP contribution in [0, 0.1) is 18.3 Å². The summed E-state index contributed by atoms with van der Waals surface area (Å²) >= 11 is 0. The summed E-state index contributed by atoms with van der Waals surface area (Å²) in [7, 11) is 0. The number of hydrogen-bond donors (Lipinski definition) is 1. The van der Waals surface area contributed by atoms with E-state index in [9.17, 15) is 9.90 Å². The molecule has 8 nitrogen and oxygen atoms in total. The van der Waals surface area contributed by atoms with Gasteiger partial charge in [0.05, 0.1) is 31.2 Å². The third-order valence-corrected chi connectivity index (χ3v) is 8.89. The second-order valence-corrected chi connectivity index (χ2v) is 11.0. The third-order valence-electron chi connectivity index (χ3n) is 8.89. The van der Waals surface area contributed by atoms with Crippen molar-refractivity contribution in [2.75, 3.05) is 6.61 Å². The highest BCUT2D eigenvalue weighted by Gasteiger charge is 2.94. The monoisotopic (exact) mass is 502 g/mol. The number of nitrogens with zero attached hydrogens (tertiary/aromatic N) is 2. The van der Waals surface area contributed by atoms with Crippen molar-refractivity contribution in [3.8, 4) is 6.01 Å². The lowest BCUT2D eigenvalue weighted by molar-refractivity contribution is -0.418. The minimum absolute atomic E-state index is 0.198. The van der Waals surface area contributed by atoms with Crippen LogP contribution in [0.1, 0.15) is 36.5 Å². The summed E-state index contributed by atoms with van der Waals surface area (Å²) in [5.41, 5.74) is -0.172. The molecule has 4 aliphatic rings. The summed E-state index contributed by atoms with van der Waals surface area (Å²) in [5.74, 6) is -2.01. The van der Waals surface area contributed by atoms with Crippen molar-refractivity contribution in [2.24, 2.45) is 11.3 Å². The van der Waals surface area contributed by atoms with Crippen molar-refractivity contribution in [3.05, 3.63) is 93.9 Å². The molecule has 8 heteroatoms. The smallest absolute Gasteiger partial charge is 0.302 e. The van der Waals surface area contributed by atoms with Gasteiger partial charge in [-0.1, -0.05) is 60.7 Å². The van der Waals surface area contributed by atoms with Gasteiger partial charge in [0.2, 0.25) is 0 Å². The van der Waals surface area contributed by atoms with E-state index in [1.165, 1.54) is 0 Å². The van der Waals surface area contributed by atoms with E-state index >= 15 is 0 Å². The van der Waals surface area contributed by atoms with Gasteiger partial charge in [-0.3, -0.25) is 9.36 Å². The number of hydrogen-bond acceptors (Lipinski definition) is 7. The molecule has 3 fully saturated rings. The first-order valence-corrected chi connectivity index (χ1v) is 12.8. The topological polar surface area (TPSA) is 92.0 Å². The Hall–Kier alpha value is -3.04. The van der Waals surface area contributed by atoms with Crippen LogP contribution in [-0.2, 0) is 33.1 Å². The number of ether oxygens (including phenoxy) is 4. The summed E-state index contributed by atoms with van der Waals surface area (Å²) in [5, 5.41) is 12.2. The largest absolute Gasteiger partial charge is 0.455 e. The van der Waals surface area contributed by atoms with E-state index in [0.717, 1.165) is 24.0 Å². The molecule has 1 N–H and O–H groups in total. The van der Waals surface area contributed by atoms with Crippen LogP contribution in [0.3, 0.4) is 0 Å². The van der Waals surface area contributed by atoms with E-state index < -0.39 is 34.6 Å². The predicted octanol–water partition coefficient (Wildman–Crippen LogP) is 3.29. The molecule has 0 amide bonds. The van der Waals surface area contributed by atoms with Gasteiger partial charge in [-0.05, 0) is 37.8 Å². The quantitative estimate of drug-likeness (QED) is 0.496. The lowest BCUT2D eigenvalue weighted by Crippen LogP contribution is -2.78. The van der Waals surface area contributed by atoms with E-state index in [-0.39, 0.29) is 18.2 Å². The second kappa shape index (κ2) is 7.74. The Morgan fingerprint density at radius 1 is 1.05 bits per heavy atom. The zero-order valence-corrected chi connectivity index (χ0v) is 20.9. The maximum Gasteiger partial charge on any atom is 0.302 e. The molecule has 3 heterocycles. The van der Waals surface area contributed by atoms with Gasteiger partial charge in [-0.25, -0.2) is 0 Å². The standard InChI is InChI=1S/C29H30N2O6/c1-19-15-31-25(30-24(19)32)36-23-22-28(37-26(23,31)2,18-34-16-20-9-5-3-6-10-20)27(13-14-27)29(22,33)35-17-21-11-7-4-8-12-21/h3-12,15,22-23,33H,13-14,16-18H2,1-2H3/t22?,23?,26?,28-,29?/m1/s1. The van der Waals surface area contributed by atoms with E-state index in [1.807, 2.05) is 67.6 Å². The molecule has 0 radical (unpaired) electrons. The van der Waals surface area contributed by atoms with E-state index in [4.69, 9.17) is 18.9 Å². The Labute approximate surface area is 214 Å². The Kier molecular flexibility index (Phi) is 4.83. The molecule has 1 spiro atoms. The van der Waals surface area contributed by atoms with Gasteiger partial charge in [-0.2, -0.15) is 4.98 Å². The molecule has 37 heavy (non-hydrogen) atoms. The Morgan fingerprint density at radius 2 is 1.70 bits per heavy atom. The highest BCUT2D eigenvalue weighted by molar-refractivity contribution is 5.38. The van der Waals surface area contributed by atoms with Crippen molar-refractivity contribution in [1.82, 2.24) is 9.55 Å². The highest BCUT2D eigenvalue weighted by atomic mass is 16.7. The number of aliphatic hydroxyl groups is 1. The fraction of sp³-hybridized carbons (Fsp3) is 0.448. The van der Waals surface area contributed by atoms with E-state index in [1.54, 1.807) is 17.7 Å². The molecule has 2 aromatic carbocycles. The average molecular weight is 503 g/mol. The lowest BCUT2D eigenvalue weighted by Gasteiger charge is -2.62. The van der Waals surface area contributed by atoms with Crippen molar-refractivity contribution >= 4 is 0 Å². The van der Waals surface area contributed by atoms with Gasteiger partial charge in [-0.15, -0.1) is 0 Å². The van der Waals surface area contributed by atoms with Crippen molar-refractivity contribution in [3.63, 3.8) is 0 Å². The minimum Gasteiger partial charge on any atom is -0.455 e. The molecule has 5 atom stereocenters. The summed E-state index contributed by atoms with van der Waals surface area (Å²) in [6, 6.07) is 20.0. The fourth-order valence-electron chi connectivity index (χ4n) is 6.95. The Morgan fingerprint density at radius 3 is 2.35 bits per heavy atom. The molecule has 2 aliphatic carbocycles. The van der Waals surface area contributed by atoms with Gasteiger partial charge >= 0.3 is 6.01 Å². The summed E-state index contributed by atoms with van der Waals surface area (Å²) in [6.07, 6.45) is 2.66. The Balaban J connectivity index is 1.25. The zero-order chi connectivity index (χ0) is 25.5. The molecular weight excluding hydrogens is 472 g/mol. The fourth-order valence-corrected chi connectivity index (χ4v) is 6.95. The molecule has 1 aromatic heterocycles. The van der Waals surface area contributed by atoms with Crippen LogP contribution in [0.2, 0.25) is 0 Å². The molecule has 2 aliphatic heterocycles. The van der Waals surface area contributed by atoms with Crippen LogP contribution < -0.4 is 10.3 Å². The van der Waals surface area contributed by atoms with E-state index in [0.29, 0.717) is 18.8 Å².